The minimum absolute atomic E-state index is 0.749. The number of fused-ring (bicyclic) bond motifs is 9. The van der Waals surface area contributed by atoms with Crippen molar-refractivity contribution in [1.82, 2.24) is 13.7 Å². The number of benzene rings is 8. The highest BCUT2D eigenvalue weighted by Crippen LogP contribution is 2.37. The number of anilines is 2. The number of rotatable bonds is 8. The van der Waals surface area contributed by atoms with E-state index < -0.39 is 0 Å². The Labute approximate surface area is 337 Å². The minimum Gasteiger partial charge on any atom is -0.337 e. The van der Waals surface area contributed by atoms with Crippen LogP contribution in [0.4, 0.5) is 11.4 Å². The van der Waals surface area contributed by atoms with Gasteiger partial charge in [-0.25, -0.2) is 0 Å². The van der Waals surface area contributed by atoms with E-state index in [-0.39, 0.29) is 0 Å². The second kappa shape index (κ2) is 13.9. The van der Waals surface area contributed by atoms with E-state index in [1.54, 1.807) is 0 Å². The molecule has 3 aromatic heterocycles. The number of hydrogen-bond acceptors (Lipinski definition) is 1. The summed E-state index contributed by atoms with van der Waals surface area (Å²) >= 11 is 0. The third kappa shape index (κ3) is 5.37. The summed E-state index contributed by atoms with van der Waals surface area (Å²) in [5.74, 6) is 0. The van der Waals surface area contributed by atoms with Crippen LogP contribution >= 0.6 is 0 Å². The topological polar surface area (TPSA) is 18.0 Å². The molecule has 0 unspecified atom stereocenters. The summed E-state index contributed by atoms with van der Waals surface area (Å²) in [4.78, 5) is 2.37. The predicted octanol–water partition coefficient (Wildman–Crippen LogP) is 14.3. The third-order valence-corrected chi connectivity index (χ3v) is 11.7. The van der Waals surface area contributed by atoms with Gasteiger partial charge in [0.05, 0.1) is 22.1 Å². The lowest BCUT2D eigenvalue weighted by Gasteiger charge is -2.27. The van der Waals surface area contributed by atoms with Crippen molar-refractivity contribution in [2.24, 2.45) is 0 Å². The van der Waals surface area contributed by atoms with Gasteiger partial charge in [0.2, 0.25) is 0 Å². The van der Waals surface area contributed by atoms with Crippen LogP contribution in [0.2, 0.25) is 0 Å². The molecular formula is C54H40N4. The fraction of sp³-hybridized carbons (Fsp3) is 0.0370. The minimum atomic E-state index is 0.749. The molecule has 0 radical (unpaired) electrons. The van der Waals surface area contributed by atoms with Crippen molar-refractivity contribution in [3.63, 3.8) is 0 Å². The number of nitrogens with zero attached hydrogens (tertiary/aromatic N) is 4. The van der Waals surface area contributed by atoms with E-state index in [1.807, 2.05) is 0 Å². The van der Waals surface area contributed by atoms with Gasteiger partial charge in [-0.05, 0) is 97.9 Å². The molecule has 4 nitrogen and oxygen atoms in total. The quantitative estimate of drug-likeness (QED) is 0.142. The van der Waals surface area contributed by atoms with Crippen LogP contribution in [0.25, 0.3) is 76.8 Å². The summed E-state index contributed by atoms with van der Waals surface area (Å²) in [6.07, 6.45) is 6.77. The van der Waals surface area contributed by atoms with Crippen molar-refractivity contribution < 1.29 is 0 Å². The molecule has 11 rings (SSSR count). The van der Waals surface area contributed by atoms with E-state index in [0.717, 1.165) is 35.0 Å². The number of allylic oxidation sites excluding steroid dienone is 3. The number of hydrogen-bond donors (Lipinski definition) is 0. The molecule has 11 aromatic rings. The van der Waals surface area contributed by atoms with Gasteiger partial charge in [-0.1, -0.05) is 121 Å². The van der Waals surface area contributed by atoms with E-state index in [4.69, 9.17) is 0 Å². The maximum Gasteiger partial charge on any atom is 0.0541 e. The molecule has 4 heteroatoms. The van der Waals surface area contributed by atoms with Gasteiger partial charge >= 0.3 is 0 Å². The highest BCUT2D eigenvalue weighted by Gasteiger charge is 2.17. The fourth-order valence-corrected chi connectivity index (χ4v) is 9.13. The van der Waals surface area contributed by atoms with Crippen LogP contribution in [0.15, 0.2) is 218 Å². The Kier molecular flexibility index (Phi) is 8.07. The van der Waals surface area contributed by atoms with Crippen LogP contribution in [0.3, 0.4) is 0 Å². The van der Waals surface area contributed by atoms with Gasteiger partial charge in [-0.2, -0.15) is 0 Å². The standard InChI is InChI=1S/C54H40N4/c1-2-38(16-15-37-55-49-23-9-3-17-43(49)44-18-4-10-24-50(44)55)56(39-29-33-41(34-30-39)57-51-25-11-5-19-45(51)46-20-6-12-26-52(46)57)40-31-35-42(36-32-40)58-53-27-13-7-21-47(53)48-22-8-14-28-54(48)58/h2-36H,37H2,1H3/b16-15-,38-2+. The maximum absolute atomic E-state index is 2.42. The SMILES string of the molecule is C/C=C(\C=C/Cn1c2ccccc2c2ccccc21)N(c1ccc(-n2c3ccccc3c3ccccc32)cc1)c1ccc(-n2c3ccccc3c3ccccc32)cc1. The lowest BCUT2D eigenvalue weighted by Crippen LogP contribution is -2.15. The average Bonchev–Trinajstić information content (AvgIpc) is 3.92. The van der Waals surface area contributed by atoms with Gasteiger partial charge in [0.1, 0.15) is 0 Å². The molecule has 0 saturated heterocycles. The van der Waals surface area contributed by atoms with Gasteiger partial charge < -0.3 is 18.6 Å². The van der Waals surface area contributed by atoms with E-state index >= 15 is 0 Å². The number of aromatic nitrogens is 3. The van der Waals surface area contributed by atoms with Gasteiger partial charge in [0.15, 0.2) is 0 Å². The van der Waals surface area contributed by atoms with Crippen LogP contribution < -0.4 is 4.90 Å². The smallest absolute Gasteiger partial charge is 0.0541 e. The van der Waals surface area contributed by atoms with Crippen molar-refractivity contribution in [2.45, 2.75) is 13.5 Å². The first-order valence-corrected chi connectivity index (χ1v) is 20.0. The summed E-state index contributed by atoms with van der Waals surface area (Å²) in [5.41, 5.74) is 12.8. The summed E-state index contributed by atoms with van der Waals surface area (Å²) in [7, 11) is 0. The predicted molar refractivity (Wildman–Crippen MR) is 246 cm³/mol. The molecule has 0 aliphatic heterocycles. The molecule has 0 N–H and O–H groups in total. The number of para-hydroxylation sites is 6. The van der Waals surface area contributed by atoms with Crippen LogP contribution in [-0.4, -0.2) is 13.7 Å². The van der Waals surface area contributed by atoms with Crippen LogP contribution in [0.5, 0.6) is 0 Å². The molecular weight excluding hydrogens is 705 g/mol. The highest BCUT2D eigenvalue weighted by atomic mass is 15.1. The van der Waals surface area contributed by atoms with Crippen LogP contribution in [0.1, 0.15) is 6.92 Å². The first-order valence-electron chi connectivity index (χ1n) is 20.0. The second-order valence-electron chi connectivity index (χ2n) is 14.9. The van der Waals surface area contributed by atoms with Crippen molar-refractivity contribution in [3.8, 4) is 11.4 Å². The van der Waals surface area contributed by atoms with E-state index in [9.17, 15) is 0 Å². The molecule has 0 aliphatic carbocycles. The average molecular weight is 745 g/mol. The summed E-state index contributed by atoms with van der Waals surface area (Å²) in [6.45, 7) is 2.88. The molecule has 0 saturated carbocycles. The Morgan fingerprint density at radius 3 is 1.05 bits per heavy atom. The van der Waals surface area contributed by atoms with Gasteiger partial charge in [-0.15, -0.1) is 0 Å². The zero-order valence-corrected chi connectivity index (χ0v) is 32.2. The molecule has 0 atom stereocenters. The monoisotopic (exact) mass is 744 g/mol. The molecule has 0 spiro atoms. The van der Waals surface area contributed by atoms with E-state index in [1.165, 1.54) is 65.4 Å². The van der Waals surface area contributed by atoms with Gasteiger partial charge in [-0.3, -0.25) is 0 Å². The third-order valence-electron chi connectivity index (χ3n) is 11.7. The van der Waals surface area contributed by atoms with Crippen molar-refractivity contribution >= 4 is 76.8 Å². The summed E-state index contributed by atoms with van der Waals surface area (Å²) in [6, 6.07) is 70.2. The molecule has 276 valence electrons. The first kappa shape index (κ1) is 33.8. The van der Waals surface area contributed by atoms with Gasteiger partial charge in [0, 0.05) is 78.3 Å². The van der Waals surface area contributed by atoms with E-state index in [0.29, 0.717) is 0 Å². The maximum atomic E-state index is 2.42. The zero-order valence-electron chi connectivity index (χ0n) is 32.2. The highest BCUT2D eigenvalue weighted by molar-refractivity contribution is 6.10. The van der Waals surface area contributed by atoms with Gasteiger partial charge in [0.25, 0.3) is 0 Å². The molecule has 3 heterocycles. The summed E-state index contributed by atoms with van der Waals surface area (Å²) < 4.78 is 7.17. The van der Waals surface area contributed by atoms with Crippen molar-refractivity contribution in [3.05, 3.63) is 218 Å². The molecule has 0 amide bonds. The molecule has 8 aromatic carbocycles. The first-order chi connectivity index (χ1) is 28.8. The normalized spacial score (nSPS) is 12.3. The Morgan fingerprint density at radius 1 is 0.397 bits per heavy atom. The fourth-order valence-electron chi connectivity index (χ4n) is 9.13. The summed E-state index contributed by atoms with van der Waals surface area (Å²) in [5, 5.41) is 7.61. The largest absolute Gasteiger partial charge is 0.337 e. The molecule has 58 heavy (non-hydrogen) atoms. The van der Waals surface area contributed by atoms with Crippen LogP contribution in [0, 0.1) is 0 Å². The van der Waals surface area contributed by atoms with Crippen molar-refractivity contribution in [2.75, 3.05) is 4.90 Å². The van der Waals surface area contributed by atoms with E-state index in [2.05, 4.69) is 238 Å². The molecule has 0 aliphatic rings. The second-order valence-corrected chi connectivity index (χ2v) is 14.9. The Hall–Kier alpha value is -7.56. The lowest BCUT2D eigenvalue weighted by atomic mass is 10.1. The Morgan fingerprint density at radius 2 is 0.707 bits per heavy atom. The Balaban J connectivity index is 1.01. The zero-order chi connectivity index (χ0) is 38.6. The lowest BCUT2D eigenvalue weighted by molar-refractivity contribution is 0.897. The molecule has 0 fully saturated rings. The Bertz CT molecular complexity index is 3050. The van der Waals surface area contributed by atoms with Crippen LogP contribution in [-0.2, 0) is 6.54 Å². The molecule has 0 bridgehead atoms. The van der Waals surface area contributed by atoms with Crippen molar-refractivity contribution in [1.29, 1.82) is 0 Å².